The fourth-order valence-corrected chi connectivity index (χ4v) is 5.57. The number of nitrogens with two attached hydrogens (primary N) is 1. The predicted octanol–water partition coefficient (Wildman–Crippen LogP) is 4.51. The van der Waals surface area contributed by atoms with Gasteiger partial charge in [0.1, 0.15) is 23.7 Å². The van der Waals surface area contributed by atoms with Crippen molar-refractivity contribution in [2.45, 2.75) is 25.0 Å². The quantitative estimate of drug-likeness (QED) is 0.335. The maximum atomic E-state index is 13.7. The maximum absolute atomic E-state index is 13.7. The highest BCUT2D eigenvalue weighted by Gasteiger charge is 2.41. The summed E-state index contributed by atoms with van der Waals surface area (Å²) in [4.78, 5) is 33.1. The van der Waals surface area contributed by atoms with Crippen molar-refractivity contribution in [3.8, 4) is 22.6 Å². The molecule has 0 saturated carbocycles. The fraction of sp³-hybridized carbons (Fsp3) is 0.226. The number of halogens is 2. The van der Waals surface area contributed by atoms with E-state index in [2.05, 4.69) is 15.4 Å². The molecule has 0 aliphatic carbocycles. The van der Waals surface area contributed by atoms with Crippen LogP contribution in [0.3, 0.4) is 0 Å². The number of amides is 2. The van der Waals surface area contributed by atoms with Gasteiger partial charge >= 0.3 is 0 Å². The highest BCUT2D eigenvalue weighted by atomic mass is 35.5. The molecule has 4 bridgehead atoms. The molecule has 42 heavy (non-hydrogen) atoms. The number of ether oxygens (including phenoxy) is 1. The highest BCUT2D eigenvalue weighted by molar-refractivity contribution is 6.32. The summed E-state index contributed by atoms with van der Waals surface area (Å²) in [7, 11) is 0. The molecule has 2 amide bonds. The molecule has 0 radical (unpaired) electrons. The Kier molecular flexibility index (Phi) is 7.62. The zero-order chi connectivity index (χ0) is 29.2. The van der Waals surface area contributed by atoms with Crippen LogP contribution in [0.4, 0.5) is 10.1 Å². The lowest BCUT2D eigenvalue weighted by atomic mass is 9.98. The first-order chi connectivity index (χ1) is 20.4. The van der Waals surface area contributed by atoms with Gasteiger partial charge in [-0.3, -0.25) is 14.6 Å². The molecule has 11 heteroatoms. The molecule has 2 aliphatic heterocycles. The molecule has 4 aromatic rings. The summed E-state index contributed by atoms with van der Waals surface area (Å²) in [6.45, 7) is 1.10. The van der Waals surface area contributed by atoms with Crippen LogP contribution in [0.5, 0.6) is 5.75 Å². The number of carbonyl (C=O) groups excluding carboxylic acids is 2. The molecule has 3 heterocycles. The number of aromatic nitrogens is 2. The number of nitrogens with zero attached hydrogens (tertiary/aromatic N) is 4. The predicted molar refractivity (Wildman–Crippen MR) is 159 cm³/mol. The van der Waals surface area contributed by atoms with Gasteiger partial charge in [-0.1, -0.05) is 35.9 Å². The van der Waals surface area contributed by atoms with E-state index in [9.17, 15) is 14.0 Å². The van der Waals surface area contributed by atoms with Crippen molar-refractivity contribution in [1.29, 1.82) is 0 Å². The number of anilines is 1. The van der Waals surface area contributed by atoms with Crippen molar-refractivity contribution in [3.63, 3.8) is 0 Å². The van der Waals surface area contributed by atoms with Gasteiger partial charge in [-0.25, -0.2) is 9.07 Å². The third kappa shape index (κ3) is 5.58. The summed E-state index contributed by atoms with van der Waals surface area (Å²) < 4.78 is 21.3. The number of hydrogen-bond donors (Lipinski definition) is 2. The van der Waals surface area contributed by atoms with Gasteiger partial charge in [0.25, 0.3) is 5.91 Å². The molecule has 2 aliphatic rings. The van der Waals surface area contributed by atoms with Crippen molar-refractivity contribution >= 4 is 35.3 Å². The number of aliphatic imine (C=N–C) groups is 1. The van der Waals surface area contributed by atoms with Crippen molar-refractivity contribution in [3.05, 3.63) is 95.0 Å². The van der Waals surface area contributed by atoms with E-state index in [-0.39, 0.29) is 28.9 Å². The molecule has 3 N–H and O–H groups in total. The van der Waals surface area contributed by atoms with E-state index in [1.807, 2.05) is 42.5 Å². The number of nitrogen functional groups attached to an aromatic ring is 1. The van der Waals surface area contributed by atoms with Crippen molar-refractivity contribution in [2.75, 3.05) is 25.4 Å². The van der Waals surface area contributed by atoms with E-state index in [0.29, 0.717) is 43.1 Å². The largest absolute Gasteiger partial charge is 0.488 e. The van der Waals surface area contributed by atoms with Gasteiger partial charge in [-0.2, -0.15) is 5.10 Å². The van der Waals surface area contributed by atoms with Gasteiger partial charge in [0.2, 0.25) is 5.91 Å². The second kappa shape index (κ2) is 11.7. The second-order valence-electron chi connectivity index (χ2n) is 10.2. The van der Waals surface area contributed by atoms with Crippen molar-refractivity contribution in [1.82, 2.24) is 20.0 Å². The molecule has 9 nitrogen and oxygen atoms in total. The Morgan fingerprint density at radius 2 is 2.00 bits per heavy atom. The van der Waals surface area contributed by atoms with E-state index in [1.54, 1.807) is 6.21 Å². The first-order valence-electron chi connectivity index (χ1n) is 13.6. The van der Waals surface area contributed by atoms with Crippen LogP contribution < -0.4 is 15.8 Å². The highest BCUT2D eigenvalue weighted by Crippen LogP contribution is 2.32. The van der Waals surface area contributed by atoms with Crippen LogP contribution in [0.25, 0.3) is 16.8 Å². The van der Waals surface area contributed by atoms with Crippen molar-refractivity contribution in [2.24, 2.45) is 4.99 Å². The van der Waals surface area contributed by atoms with Gasteiger partial charge in [-0.15, -0.1) is 0 Å². The van der Waals surface area contributed by atoms with Crippen molar-refractivity contribution < 1.29 is 18.7 Å². The zero-order valence-electron chi connectivity index (χ0n) is 22.5. The van der Waals surface area contributed by atoms with Gasteiger partial charge < -0.3 is 20.7 Å². The molecule has 1 saturated heterocycles. The smallest absolute Gasteiger partial charge is 0.257 e. The Bertz CT molecular complexity index is 1690. The van der Waals surface area contributed by atoms with Gasteiger partial charge in [0.05, 0.1) is 29.0 Å². The summed E-state index contributed by atoms with van der Waals surface area (Å²) in [6.07, 6.45) is 5.22. The summed E-state index contributed by atoms with van der Waals surface area (Å²) in [5, 5.41) is 7.36. The molecular weight excluding hydrogens is 559 g/mol. The lowest BCUT2D eigenvalue weighted by molar-refractivity contribution is -0.124. The molecule has 0 unspecified atom stereocenters. The Balaban J connectivity index is 1.29. The fourth-order valence-electron chi connectivity index (χ4n) is 5.32. The first-order valence-corrected chi connectivity index (χ1v) is 14.0. The Hall–Kier alpha value is -4.70. The zero-order valence-corrected chi connectivity index (χ0v) is 23.3. The maximum Gasteiger partial charge on any atom is 0.257 e. The van der Waals surface area contributed by atoms with Crippen LogP contribution >= 0.6 is 11.6 Å². The molecular formula is C31H28ClFN6O3. The molecule has 3 aromatic carbocycles. The minimum absolute atomic E-state index is 0.157. The van der Waals surface area contributed by atoms with Crippen LogP contribution in [-0.2, 0) is 4.79 Å². The minimum atomic E-state index is -0.736. The van der Waals surface area contributed by atoms with Gasteiger partial charge in [0, 0.05) is 43.2 Å². The molecule has 6 rings (SSSR count). The van der Waals surface area contributed by atoms with E-state index < -0.39 is 18.0 Å². The first kappa shape index (κ1) is 27.5. The number of rotatable bonds is 2. The van der Waals surface area contributed by atoms with Gasteiger partial charge in [-0.05, 0) is 53.9 Å². The number of nitrogens with one attached hydrogen (secondary N) is 1. The van der Waals surface area contributed by atoms with Crippen LogP contribution in [0.2, 0.25) is 5.02 Å². The monoisotopic (exact) mass is 586 g/mol. The molecule has 1 fully saturated rings. The molecule has 0 spiro atoms. The van der Waals surface area contributed by atoms with Crippen LogP contribution in [0, 0.1) is 5.82 Å². The summed E-state index contributed by atoms with van der Waals surface area (Å²) >= 11 is 6.19. The third-order valence-corrected chi connectivity index (χ3v) is 7.69. The number of likely N-dealkylation sites (tertiary alicyclic amines) is 1. The lowest BCUT2D eigenvalue weighted by Gasteiger charge is -2.23. The average molecular weight is 587 g/mol. The Morgan fingerprint density at radius 1 is 1.14 bits per heavy atom. The number of hydrogen-bond acceptors (Lipinski definition) is 6. The van der Waals surface area contributed by atoms with Crippen LogP contribution in [0.15, 0.2) is 78.0 Å². The summed E-state index contributed by atoms with van der Waals surface area (Å²) in [5.41, 5.74) is 10.3. The standard InChI is InChI=1S/C31H28ClFN6O3/c32-26-13-21(33)8-9-28(26)39-17-20(15-37-39)31(41)38-18-23-14-29(38)30(40)36-11-3-10-35-16-25-24(6-2-7-27(25)34)19-4-1-5-22(12-19)42-23/h1-2,4-9,12-13,15-17,23,29H,3,10-11,14,18,34H2,(H,36,40)/t23-,29-/m0/s1. The third-order valence-electron chi connectivity index (χ3n) is 7.38. The summed E-state index contributed by atoms with van der Waals surface area (Å²) in [6, 6.07) is 16.6. The Labute approximate surface area is 246 Å². The number of carbonyl (C=O) groups is 2. The van der Waals surface area contributed by atoms with E-state index in [0.717, 1.165) is 16.7 Å². The van der Waals surface area contributed by atoms with Crippen LogP contribution in [-0.4, -0.2) is 64.5 Å². The van der Waals surface area contributed by atoms with Gasteiger partial charge in [0.15, 0.2) is 0 Å². The number of benzene rings is 3. The second-order valence-corrected chi connectivity index (χ2v) is 10.6. The van der Waals surface area contributed by atoms with E-state index in [1.165, 1.54) is 40.2 Å². The van der Waals surface area contributed by atoms with Crippen LogP contribution in [0.1, 0.15) is 28.8 Å². The van der Waals surface area contributed by atoms with E-state index in [4.69, 9.17) is 22.1 Å². The molecule has 214 valence electrons. The minimum Gasteiger partial charge on any atom is -0.488 e. The average Bonchev–Trinajstić information content (AvgIpc) is 3.63. The molecule has 2 atom stereocenters. The SMILES string of the molecule is Nc1cccc2c1C=NCCCNC(=O)[C@@H]1C[C@@H](CN1C(=O)c1cnn(-c3ccc(F)cc3Cl)c1)Oc1cccc-2c1. The number of fused-ring (bicyclic) bond motifs is 6. The normalized spacial score (nSPS) is 18.7. The molecule has 1 aromatic heterocycles. The Morgan fingerprint density at radius 3 is 2.86 bits per heavy atom. The van der Waals surface area contributed by atoms with E-state index >= 15 is 0 Å². The summed E-state index contributed by atoms with van der Waals surface area (Å²) in [5.74, 6) is -0.493. The lowest BCUT2D eigenvalue weighted by Crippen LogP contribution is -2.46. The topological polar surface area (TPSA) is 115 Å².